The lowest BCUT2D eigenvalue weighted by Gasteiger charge is -2.18. The average Bonchev–Trinajstić information content (AvgIpc) is 2.87. The van der Waals surface area contributed by atoms with E-state index in [4.69, 9.17) is 11.6 Å². The fourth-order valence-electron chi connectivity index (χ4n) is 2.07. The number of benzene rings is 1. The van der Waals surface area contributed by atoms with E-state index < -0.39 is 0 Å². The molecule has 0 fully saturated rings. The van der Waals surface area contributed by atoms with Gasteiger partial charge in [-0.1, -0.05) is 11.6 Å². The third kappa shape index (κ3) is 3.25. The van der Waals surface area contributed by atoms with E-state index >= 15 is 0 Å². The molecule has 4 nitrogen and oxygen atoms in total. The summed E-state index contributed by atoms with van der Waals surface area (Å²) < 4.78 is 1.93. The monoisotopic (exact) mass is 292 g/mol. The normalized spacial score (nSPS) is 12.2. The predicted octanol–water partition coefficient (Wildman–Crippen LogP) is 3.80. The first kappa shape index (κ1) is 14.7. The van der Waals surface area contributed by atoms with Crippen molar-refractivity contribution in [3.8, 4) is 0 Å². The van der Waals surface area contributed by atoms with Crippen molar-refractivity contribution in [2.45, 2.75) is 26.4 Å². The van der Waals surface area contributed by atoms with Crippen molar-refractivity contribution in [3.63, 3.8) is 0 Å². The minimum absolute atomic E-state index is 0.191. The Labute approximate surface area is 125 Å². The smallest absolute Gasteiger partial charge is 0.0659 e. The molecule has 1 aromatic heterocycles. The molecule has 20 heavy (non-hydrogen) atoms. The van der Waals surface area contributed by atoms with E-state index in [0.717, 1.165) is 22.9 Å². The van der Waals surface area contributed by atoms with Gasteiger partial charge in [-0.25, -0.2) is 0 Å². The van der Waals surface area contributed by atoms with Crippen LogP contribution >= 0.6 is 11.6 Å². The number of nitrogens with zero attached hydrogens (tertiary/aromatic N) is 3. The zero-order valence-electron chi connectivity index (χ0n) is 12.4. The maximum absolute atomic E-state index is 6.28. The minimum atomic E-state index is 0.191. The summed E-state index contributed by atoms with van der Waals surface area (Å²) in [5, 5.41) is 8.49. The lowest BCUT2D eigenvalue weighted by atomic mass is 10.1. The molecular weight excluding hydrogens is 272 g/mol. The molecule has 0 spiro atoms. The number of hydrogen-bond donors (Lipinski definition) is 1. The average molecular weight is 293 g/mol. The highest BCUT2D eigenvalue weighted by atomic mass is 35.5. The van der Waals surface area contributed by atoms with E-state index in [-0.39, 0.29) is 6.04 Å². The molecule has 1 heterocycles. The molecule has 0 aliphatic rings. The highest BCUT2D eigenvalue weighted by Crippen LogP contribution is 2.29. The number of rotatable bonds is 5. The van der Waals surface area contributed by atoms with Crippen LogP contribution in [-0.2, 0) is 6.54 Å². The van der Waals surface area contributed by atoms with Crippen LogP contribution in [0.15, 0.2) is 30.6 Å². The Hall–Kier alpha value is -1.68. The molecule has 0 amide bonds. The molecule has 1 N–H and O–H groups in total. The highest BCUT2D eigenvalue weighted by molar-refractivity contribution is 6.33. The van der Waals surface area contributed by atoms with Crippen LogP contribution in [0.2, 0.25) is 5.02 Å². The number of hydrogen-bond acceptors (Lipinski definition) is 3. The maximum atomic E-state index is 6.28. The summed E-state index contributed by atoms with van der Waals surface area (Å²) in [6.45, 7) is 5.08. The van der Waals surface area contributed by atoms with Gasteiger partial charge in [0.1, 0.15) is 0 Å². The van der Waals surface area contributed by atoms with Crippen LogP contribution in [0.4, 0.5) is 11.4 Å². The van der Waals surface area contributed by atoms with Crippen LogP contribution in [0, 0.1) is 0 Å². The molecule has 1 unspecified atom stereocenters. The van der Waals surface area contributed by atoms with Crippen molar-refractivity contribution in [1.82, 2.24) is 9.78 Å². The molecule has 2 rings (SSSR count). The molecule has 0 bridgehead atoms. The van der Waals surface area contributed by atoms with Gasteiger partial charge in [-0.3, -0.25) is 4.68 Å². The van der Waals surface area contributed by atoms with E-state index in [1.165, 1.54) is 5.56 Å². The molecule has 0 aliphatic carbocycles. The SMILES string of the molecule is CCn1cc(C(C)Nc2ccc(N(C)C)c(Cl)c2)cn1. The molecule has 1 aromatic carbocycles. The molecular formula is C15H21ClN4. The van der Waals surface area contributed by atoms with Crippen molar-refractivity contribution in [2.75, 3.05) is 24.3 Å². The Morgan fingerprint density at radius 3 is 2.70 bits per heavy atom. The summed E-state index contributed by atoms with van der Waals surface area (Å²) >= 11 is 6.28. The van der Waals surface area contributed by atoms with Gasteiger partial charge in [0.2, 0.25) is 0 Å². The number of anilines is 2. The largest absolute Gasteiger partial charge is 0.378 e. The second kappa shape index (κ2) is 6.18. The third-order valence-electron chi connectivity index (χ3n) is 3.29. The predicted molar refractivity (Wildman–Crippen MR) is 85.7 cm³/mol. The van der Waals surface area contributed by atoms with Gasteiger partial charge in [0.15, 0.2) is 0 Å². The van der Waals surface area contributed by atoms with Gasteiger partial charge in [0.25, 0.3) is 0 Å². The van der Waals surface area contributed by atoms with Gasteiger partial charge in [-0.05, 0) is 32.0 Å². The van der Waals surface area contributed by atoms with Crippen molar-refractivity contribution in [2.24, 2.45) is 0 Å². The zero-order valence-corrected chi connectivity index (χ0v) is 13.1. The first-order valence-corrected chi connectivity index (χ1v) is 7.14. The molecule has 0 radical (unpaired) electrons. The van der Waals surface area contributed by atoms with Gasteiger partial charge in [-0.2, -0.15) is 5.10 Å². The Kier molecular flexibility index (Phi) is 4.55. The maximum Gasteiger partial charge on any atom is 0.0659 e. The number of halogens is 1. The van der Waals surface area contributed by atoms with Crippen LogP contribution in [-0.4, -0.2) is 23.9 Å². The molecule has 0 saturated heterocycles. The Morgan fingerprint density at radius 2 is 2.15 bits per heavy atom. The summed E-state index contributed by atoms with van der Waals surface area (Å²) in [7, 11) is 3.96. The second-order valence-corrected chi connectivity index (χ2v) is 5.46. The third-order valence-corrected chi connectivity index (χ3v) is 3.59. The summed E-state index contributed by atoms with van der Waals surface area (Å²) in [4.78, 5) is 2.00. The number of nitrogens with one attached hydrogen (secondary N) is 1. The fraction of sp³-hybridized carbons (Fsp3) is 0.400. The van der Waals surface area contributed by atoms with E-state index in [9.17, 15) is 0 Å². The molecule has 0 saturated carbocycles. The lowest BCUT2D eigenvalue weighted by molar-refractivity contribution is 0.658. The van der Waals surface area contributed by atoms with E-state index in [1.54, 1.807) is 0 Å². The van der Waals surface area contributed by atoms with Crippen LogP contribution in [0.5, 0.6) is 0 Å². The zero-order chi connectivity index (χ0) is 14.7. The highest BCUT2D eigenvalue weighted by Gasteiger charge is 2.09. The Balaban J connectivity index is 2.11. The Morgan fingerprint density at radius 1 is 1.40 bits per heavy atom. The standard InChI is InChI=1S/C15H21ClN4/c1-5-20-10-12(9-17-20)11(2)18-13-6-7-15(19(3)4)14(16)8-13/h6-11,18H,5H2,1-4H3. The van der Waals surface area contributed by atoms with Crippen molar-refractivity contribution in [1.29, 1.82) is 0 Å². The quantitative estimate of drug-likeness (QED) is 0.910. The molecule has 5 heteroatoms. The molecule has 2 aromatic rings. The Bertz CT molecular complexity index is 577. The van der Waals surface area contributed by atoms with Gasteiger partial charge in [0.05, 0.1) is 22.9 Å². The molecule has 1 atom stereocenters. The van der Waals surface area contributed by atoms with Gasteiger partial charge < -0.3 is 10.2 Å². The van der Waals surface area contributed by atoms with Crippen molar-refractivity contribution >= 4 is 23.0 Å². The first-order chi connectivity index (χ1) is 9.51. The van der Waals surface area contributed by atoms with E-state index in [2.05, 4.69) is 30.5 Å². The van der Waals surface area contributed by atoms with Gasteiger partial charge in [-0.15, -0.1) is 0 Å². The summed E-state index contributed by atoms with van der Waals surface area (Å²) in [6.07, 6.45) is 3.96. The van der Waals surface area contributed by atoms with E-state index in [0.29, 0.717) is 0 Å². The fourth-order valence-corrected chi connectivity index (χ4v) is 2.42. The topological polar surface area (TPSA) is 33.1 Å². The minimum Gasteiger partial charge on any atom is -0.378 e. The lowest BCUT2D eigenvalue weighted by Crippen LogP contribution is -2.10. The van der Waals surface area contributed by atoms with E-state index in [1.807, 2.05) is 48.1 Å². The second-order valence-electron chi connectivity index (χ2n) is 5.06. The van der Waals surface area contributed by atoms with Gasteiger partial charge >= 0.3 is 0 Å². The number of aromatic nitrogens is 2. The summed E-state index contributed by atoms with van der Waals surface area (Å²) in [5.41, 5.74) is 3.20. The first-order valence-electron chi connectivity index (χ1n) is 6.77. The van der Waals surface area contributed by atoms with Crippen LogP contribution in [0.25, 0.3) is 0 Å². The van der Waals surface area contributed by atoms with Crippen LogP contribution in [0.1, 0.15) is 25.5 Å². The van der Waals surface area contributed by atoms with Crippen LogP contribution in [0.3, 0.4) is 0 Å². The molecule has 108 valence electrons. The van der Waals surface area contributed by atoms with Crippen molar-refractivity contribution < 1.29 is 0 Å². The molecule has 0 aliphatic heterocycles. The van der Waals surface area contributed by atoms with Crippen molar-refractivity contribution in [3.05, 3.63) is 41.2 Å². The summed E-state index contributed by atoms with van der Waals surface area (Å²) in [5.74, 6) is 0. The number of aryl methyl sites for hydroxylation is 1. The van der Waals surface area contributed by atoms with Crippen LogP contribution < -0.4 is 10.2 Å². The van der Waals surface area contributed by atoms with Gasteiger partial charge in [0, 0.05) is 38.1 Å². The summed E-state index contributed by atoms with van der Waals surface area (Å²) in [6, 6.07) is 6.21.